The zero-order valence-electron chi connectivity index (χ0n) is 11.1. The number of nitrogens with one attached hydrogen (secondary N) is 1. The molecule has 8 heteroatoms. The standard InChI is InChI=1S/C11H16N4O2S2/c1-4-12-11-15-14-10(19-11)9-7(5-16-2)13-8(18-9)6-17-3/h4-6H2,1-3H3,(H,12,15). The van der Waals surface area contributed by atoms with Crippen molar-refractivity contribution >= 4 is 27.8 Å². The van der Waals surface area contributed by atoms with Gasteiger partial charge in [0.25, 0.3) is 0 Å². The van der Waals surface area contributed by atoms with E-state index >= 15 is 0 Å². The highest BCUT2D eigenvalue weighted by molar-refractivity contribution is 7.23. The van der Waals surface area contributed by atoms with Gasteiger partial charge in [-0.3, -0.25) is 0 Å². The van der Waals surface area contributed by atoms with Gasteiger partial charge in [-0.2, -0.15) is 0 Å². The minimum absolute atomic E-state index is 0.464. The van der Waals surface area contributed by atoms with Gasteiger partial charge in [-0.25, -0.2) is 4.98 Å². The lowest BCUT2D eigenvalue weighted by molar-refractivity contribution is 0.176. The van der Waals surface area contributed by atoms with E-state index in [1.807, 2.05) is 6.92 Å². The molecule has 0 aliphatic carbocycles. The molecule has 6 nitrogen and oxygen atoms in total. The zero-order valence-corrected chi connectivity index (χ0v) is 12.7. The van der Waals surface area contributed by atoms with Crippen LogP contribution in [0.25, 0.3) is 9.88 Å². The molecular weight excluding hydrogens is 284 g/mol. The van der Waals surface area contributed by atoms with E-state index in [-0.39, 0.29) is 0 Å². The summed E-state index contributed by atoms with van der Waals surface area (Å²) < 4.78 is 10.3. The smallest absolute Gasteiger partial charge is 0.206 e. The molecule has 0 saturated carbocycles. The van der Waals surface area contributed by atoms with Gasteiger partial charge in [0, 0.05) is 20.8 Å². The number of aromatic nitrogens is 3. The molecular formula is C11H16N4O2S2. The van der Waals surface area contributed by atoms with Crippen molar-refractivity contribution in [2.45, 2.75) is 20.1 Å². The Bertz CT molecular complexity index is 526. The van der Waals surface area contributed by atoms with Gasteiger partial charge in [0.2, 0.25) is 5.13 Å². The predicted octanol–water partition coefficient (Wildman–Crippen LogP) is 2.39. The van der Waals surface area contributed by atoms with Gasteiger partial charge in [0.05, 0.1) is 23.8 Å². The van der Waals surface area contributed by atoms with Crippen LogP contribution in [0, 0.1) is 0 Å². The van der Waals surface area contributed by atoms with Gasteiger partial charge in [-0.1, -0.05) is 11.3 Å². The molecule has 104 valence electrons. The quantitative estimate of drug-likeness (QED) is 0.846. The first-order valence-corrected chi connectivity index (χ1v) is 7.46. The molecule has 0 amide bonds. The normalized spacial score (nSPS) is 10.9. The molecule has 0 aliphatic heterocycles. The lowest BCUT2D eigenvalue weighted by atomic mass is 10.4. The molecule has 0 spiro atoms. The molecule has 0 atom stereocenters. The van der Waals surface area contributed by atoms with E-state index in [0.29, 0.717) is 13.2 Å². The van der Waals surface area contributed by atoms with E-state index in [2.05, 4.69) is 20.5 Å². The summed E-state index contributed by atoms with van der Waals surface area (Å²) in [7, 11) is 3.31. The van der Waals surface area contributed by atoms with Crippen LogP contribution in [0.3, 0.4) is 0 Å². The Balaban J connectivity index is 2.29. The highest BCUT2D eigenvalue weighted by atomic mass is 32.1. The second-order valence-electron chi connectivity index (χ2n) is 3.69. The maximum atomic E-state index is 5.18. The van der Waals surface area contributed by atoms with E-state index in [9.17, 15) is 0 Å². The molecule has 0 bridgehead atoms. The summed E-state index contributed by atoms with van der Waals surface area (Å²) in [5.74, 6) is 0. The van der Waals surface area contributed by atoms with Crippen molar-refractivity contribution in [3.05, 3.63) is 10.7 Å². The first-order chi connectivity index (χ1) is 9.28. The van der Waals surface area contributed by atoms with E-state index < -0.39 is 0 Å². The van der Waals surface area contributed by atoms with Gasteiger partial charge in [0.15, 0.2) is 5.01 Å². The lowest BCUT2D eigenvalue weighted by Crippen LogP contribution is -1.94. The highest BCUT2D eigenvalue weighted by Crippen LogP contribution is 2.34. The predicted molar refractivity (Wildman–Crippen MR) is 76.6 cm³/mol. The first-order valence-electron chi connectivity index (χ1n) is 5.82. The van der Waals surface area contributed by atoms with Crippen LogP contribution >= 0.6 is 22.7 Å². The number of hydrogen-bond donors (Lipinski definition) is 1. The average Bonchev–Trinajstić information content (AvgIpc) is 2.98. The molecule has 0 aliphatic rings. The summed E-state index contributed by atoms with van der Waals surface area (Å²) >= 11 is 3.10. The van der Waals surface area contributed by atoms with Crippen molar-refractivity contribution in [2.24, 2.45) is 0 Å². The highest BCUT2D eigenvalue weighted by Gasteiger charge is 2.17. The van der Waals surface area contributed by atoms with E-state index in [1.54, 1.807) is 25.6 Å². The number of hydrogen-bond acceptors (Lipinski definition) is 8. The Kier molecular flexibility index (Phi) is 5.20. The summed E-state index contributed by atoms with van der Waals surface area (Å²) in [5, 5.41) is 14.1. The molecule has 1 N–H and O–H groups in total. The minimum Gasteiger partial charge on any atom is -0.378 e. The largest absolute Gasteiger partial charge is 0.378 e. The van der Waals surface area contributed by atoms with E-state index in [4.69, 9.17) is 9.47 Å². The van der Waals surface area contributed by atoms with Crippen molar-refractivity contribution in [2.75, 3.05) is 26.1 Å². The fraction of sp³-hybridized carbons (Fsp3) is 0.545. The number of thiazole rings is 1. The molecule has 0 radical (unpaired) electrons. The van der Waals surface area contributed by atoms with Crippen molar-refractivity contribution in [3.63, 3.8) is 0 Å². The van der Waals surface area contributed by atoms with Crippen LogP contribution in [-0.4, -0.2) is 35.9 Å². The molecule has 19 heavy (non-hydrogen) atoms. The summed E-state index contributed by atoms with van der Waals surface area (Å²) in [5.41, 5.74) is 0.888. The minimum atomic E-state index is 0.464. The Morgan fingerprint density at radius 2 is 1.89 bits per heavy atom. The third-order valence-electron chi connectivity index (χ3n) is 2.24. The monoisotopic (exact) mass is 300 g/mol. The van der Waals surface area contributed by atoms with Gasteiger partial charge >= 0.3 is 0 Å². The van der Waals surface area contributed by atoms with Crippen LogP contribution in [0.2, 0.25) is 0 Å². The topological polar surface area (TPSA) is 69.2 Å². The SMILES string of the molecule is CCNc1nnc(-c2sc(COC)nc2COC)s1. The Labute approximate surface area is 119 Å². The Morgan fingerprint density at radius 3 is 2.58 bits per heavy atom. The fourth-order valence-electron chi connectivity index (χ4n) is 1.53. The van der Waals surface area contributed by atoms with Crippen molar-refractivity contribution in [3.8, 4) is 9.88 Å². The molecule has 0 saturated heterocycles. The number of methoxy groups -OCH3 is 2. The van der Waals surface area contributed by atoms with Crippen LogP contribution in [0.5, 0.6) is 0 Å². The Hall–Kier alpha value is -1.09. The second-order valence-corrected chi connectivity index (χ2v) is 5.75. The number of rotatable bonds is 7. The average molecular weight is 300 g/mol. The Morgan fingerprint density at radius 1 is 1.11 bits per heavy atom. The van der Waals surface area contributed by atoms with Gasteiger partial charge < -0.3 is 14.8 Å². The molecule has 2 heterocycles. The number of ether oxygens (including phenoxy) is 2. The van der Waals surface area contributed by atoms with Gasteiger partial charge in [-0.15, -0.1) is 21.5 Å². The molecule has 0 unspecified atom stereocenters. The van der Waals surface area contributed by atoms with Crippen LogP contribution in [0.1, 0.15) is 17.6 Å². The maximum Gasteiger partial charge on any atom is 0.206 e. The van der Waals surface area contributed by atoms with Crippen molar-refractivity contribution < 1.29 is 9.47 Å². The lowest BCUT2D eigenvalue weighted by Gasteiger charge is -1.96. The van der Waals surface area contributed by atoms with E-state index in [0.717, 1.165) is 32.3 Å². The summed E-state index contributed by atoms with van der Waals surface area (Å²) in [6.07, 6.45) is 0. The van der Waals surface area contributed by atoms with E-state index in [1.165, 1.54) is 11.3 Å². The van der Waals surface area contributed by atoms with Crippen LogP contribution in [0.4, 0.5) is 5.13 Å². The third-order valence-corrected chi connectivity index (χ3v) is 4.34. The fourth-order valence-corrected chi connectivity index (χ4v) is 3.47. The molecule has 0 fully saturated rings. The van der Waals surface area contributed by atoms with Gasteiger partial charge in [0.1, 0.15) is 5.01 Å². The second kappa shape index (κ2) is 6.90. The number of anilines is 1. The molecule has 2 aromatic heterocycles. The third kappa shape index (κ3) is 3.47. The molecule has 2 rings (SSSR count). The van der Waals surface area contributed by atoms with Crippen LogP contribution in [-0.2, 0) is 22.7 Å². The number of nitrogens with zero attached hydrogens (tertiary/aromatic N) is 3. The van der Waals surface area contributed by atoms with Crippen LogP contribution < -0.4 is 5.32 Å². The maximum absolute atomic E-state index is 5.18. The van der Waals surface area contributed by atoms with Crippen molar-refractivity contribution in [1.29, 1.82) is 0 Å². The molecule has 2 aromatic rings. The van der Waals surface area contributed by atoms with Gasteiger partial charge in [-0.05, 0) is 6.92 Å². The molecule has 0 aromatic carbocycles. The summed E-state index contributed by atoms with van der Waals surface area (Å²) in [6, 6.07) is 0. The first kappa shape index (κ1) is 14.3. The summed E-state index contributed by atoms with van der Waals surface area (Å²) in [6.45, 7) is 3.82. The summed E-state index contributed by atoms with van der Waals surface area (Å²) in [4.78, 5) is 5.52. The van der Waals surface area contributed by atoms with Crippen molar-refractivity contribution in [1.82, 2.24) is 15.2 Å². The zero-order chi connectivity index (χ0) is 13.7. The van der Waals surface area contributed by atoms with Crippen LogP contribution in [0.15, 0.2) is 0 Å².